The van der Waals surface area contributed by atoms with E-state index in [9.17, 15) is 4.39 Å². The minimum absolute atomic E-state index is 0.198. The van der Waals surface area contributed by atoms with E-state index in [2.05, 4.69) is 9.55 Å². The van der Waals surface area contributed by atoms with Crippen LogP contribution in [0.25, 0.3) is 11.0 Å². The van der Waals surface area contributed by atoms with Crippen LogP contribution in [0.5, 0.6) is 0 Å². The van der Waals surface area contributed by atoms with Crippen molar-refractivity contribution in [2.45, 2.75) is 56.5 Å². The summed E-state index contributed by atoms with van der Waals surface area (Å²) in [6.07, 6.45) is 6.67. The van der Waals surface area contributed by atoms with Gasteiger partial charge in [-0.25, -0.2) is 9.37 Å². The fourth-order valence-corrected chi connectivity index (χ4v) is 3.48. The first-order chi connectivity index (χ1) is 9.74. The summed E-state index contributed by atoms with van der Waals surface area (Å²) >= 11 is 0. The van der Waals surface area contributed by atoms with E-state index in [0.717, 1.165) is 37.0 Å². The molecule has 2 aliphatic rings. The van der Waals surface area contributed by atoms with Crippen molar-refractivity contribution < 1.29 is 4.39 Å². The monoisotopic (exact) mass is 273 g/mol. The highest BCUT2D eigenvalue weighted by Crippen LogP contribution is 2.43. The van der Waals surface area contributed by atoms with Crippen LogP contribution in [0.2, 0.25) is 0 Å². The van der Waals surface area contributed by atoms with Crippen molar-refractivity contribution in [3.05, 3.63) is 29.8 Å². The molecule has 1 aromatic heterocycles. The van der Waals surface area contributed by atoms with E-state index < -0.39 is 0 Å². The summed E-state index contributed by atoms with van der Waals surface area (Å²) in [7, 11) is 0. The van der Waals surface area contributed by atoms with Crippen LogP contribution in [-0.4, -0.2) is 15.6 Å². The van der Waals surface area contributed by atoms with Crippen LogP contribution < -0.4 is 5.73 Å². The number of aromatic nitrogens is 2. The maximum absolute atomic E-state index is 14.0. The van der Waals surface area contributed by atoms with Gasteiger partial charge in [-0.2, -0.15) is 0 Å². The molecular weight excluding hydrogens is 253 g/mol. The topological polar surface area (TPSA) is 43.8 Å². The Balaban J connectivity index is 1.82. The van der Waals surface area contributed by atoms with Crippen LogP contribution in [0, 0.1) is 5.82 Å². The lowest BCUT2D eigenvalue weighted by Crippen LogP contribution is -2.26. The first kappa shape index (κ1) is 12.3. The van der Waals surface area contributed by atoms with Gasteiger partial charge in [-0.3, -0.25) is 0 Å². The standard InChI is InChI=1S/C16H20FN3/c17-13-2-1-3-14-15(13)19-16(20(14)12-8-9-12)10-4-6-11(18)7-5-10/h1-3,10-12H,4-9,18H2. The van der Waals surface area contributed by atoms with Crippen molar-refractivity contribution in [3.8, 4) is 0 Å². The summed E-state index contributed by atoms with van der Waals surface area (Å²) in [5.74, 6) is 1.34. The van der Waals surface area contributed by atoms with Gasteiger partial charge < -0.3 is 10.3 Å². The average molecular weight is 273 g/mol. The maximum Gasteiger partial charge on any atom is 0.151 e. The van der Waals surface area contributed by atoms with Crippen LogP contribution >= 0.6 is 0 Å². The Morgan fingerprint density at radius 1 is 1.10 bits per heavy atom. The van der Waals surface area contributed by atoms with Crippen LogP contribution in [0.15, 0.2) is 18.2 Å². The molecule has 2 fully saturated rings. The van der Waals surface area contributed by atoms with E-state index in [-0.39, 0.29) is 5.82 Å². The van der Waals surface area contributed by atoms with Gasteiger partial charge in [0.25, 0.3) is 0 Å². The Hall–Kier alpha value is -1.42. The summed E-state index contributed by atoms with van der Waals surface area (Å²) in [6.45, 7) is 0. The number of fused-ring (bicyclic) bond motifs is 1. The van der Waals surface area contributed by atoms with E-state index >= 15 is 0 Å². The van der Waals surface area contributed by atoms with Crippen LogP contribution in [-0.2, 0) is 0 Å². The molecule has 4 rings (SSSR count). The van der Waals surface area contributed by atoms with Crippen molar-refractivity contribution >= 4 is 11.0 Å². The summed E-state index contributed by atoms with van der Waals surface area (Å²) in [6, 6.07) is 6.17. The first-order valence-corrected chi connectivity index (χ1v) is 7.66. The Morgan fingerprint density at radius 2 is 1.85 bits per heavy atom. The van der Waals surface area contributed by atoms with Crippen molar-refractivity contribution in [1.82, 2.24) is 9.55 Å². The molecule has 2 saturated carbocycles. The zero-order chi connectivity index (χ0) is 13.7. The Bertz CT molecular complexity index is 636. The van der Waals surface area contributed by atoms with E-state index in [1.54, 1.807) is 6.07 Å². The lowest BCUT2D eigenvalue weighted by molar-refractivity contribution is 0.377. The molecule has 2 aliphatic carbocycles. The molecule has 20 heavy (non-hydrogen) atoms. The van der Waals surface area contributed by atoms with Crippen molar-refractivity contribution in [1.29, 1.82) is 0 Å². The molecular formula is C16H20FN3. The summed E-state index contributed by atoms with van der Waals surface area (Å²) in [5.41, 5.74) is 7.51. The van der Waals surface area contributed by atoms with Gasteiger partial charge in [-0.15, -0.1) is 0 Å². The molecule has 0 aliphatic heterocycles. The van der Waals surface area contributed by atoms with Crippen molar-refractivity contribution in [2.24, 2.45) is 5.73 Å². The molecule has 0 unspecified atom stereocenters. The SMILES string of the molecule is NC1CCC(c2nc3c(F)cccc3n2C2CC2)CC1. The van der Waals surface area contributed by atoms with E-state index in [4.69, 9.17) is 5.73 Å². The number of hydrogen-bond donors (Lipinski definition) is 1. The van der Waals surface area contributed by atoms with Gasteiger partial charge >= 0.3 is 0 Å². The lowest BCUT2D eigenvalue weighted by Gasteiger charge is -2.26. The summed E-state index contributed by atoms with van der Waals surface area (Å²) < 4.78 is 16.3. The van der Waals surface area contributed by atoms with Gasteiger partial charge in [0.05, 0.1) is 5.52 Å². The predicted molar refractivity (Wildman–Crippen MR) is 77.1 cm³/mol. The van der Waals surface area contributed by atoms with Gasteiger partial charge in [0.1, 0.15) is 11.3 Å². The second kappa shape index (κ2) is 4.55. The summed E-state index contributed by atoms with van der Waals surface area (Å²) in [5, 5.41) is 0. The normalized spacial score (nSPS) is 27.1. The van der Waals surface area contributed by atoms with Gasteiger partial charge in [0, 0.05) is 18.0 Å². The highest BCUT2D eigenvalue weighted by atomic mass is 19.1. The Morgan fingerprint density at radius 3 is 2.55 bits per heavy atom. The zero-order valence-corrected chi connectivity index (χ0v) is 11.6. The van der Waals surface area contributed by atoms with E-state index in [1.165, 1.54) is 18.9 Å². The minimum atomic E-state index is -0.198. The number of hydrogen-bond acceptors (Lipinski definition) is 2. The average Bonchev–Trinajstić information content (AvgIpc) is 3.21. The van der Waals surface area contributed by atoms with Gasteiger partial charge in [-0.1, -0.05) is 6.07 Å². The molecule has 0 amide bonds. The van der Waals surface area contributed by atoms with Gasteiger partial charge in [0.2, 0.25) is 0 Å². The largest absolute Gasteiger partial charge is 0.328 e. The third-order valence-corrected chi connectivity index (χ3v) is 4.75. The highest BCUT2D eigenvalue weighted by Gasteiger charge is 2.32. The Labute approximate surface area is 118 Å². The highest BCUT2D eigenvalue weighted by molar-refractivity contribution is 5.77. The number of rotatable bonds is 2. The smallest absolute Gasteiger partial charge is 0.151 e. The maximum atomic E-state index is 14.0. The molecule has 0 radical (unpaired) electrons. The lowest BCUT2D eigenvalue weighted by atomic mass is 9.86. The Kier molecular flexibility index (Phi) is 2.81. The number of para-hydroxylation sites is 1. The zero-order valence-electron chi connectivity index (χ0n) is 11.6. The van der Waals surface area contributed by atoms with Gasteiger partial charge in [-0.05, 0) is 50.7 Å². The molecule has 0 bridgehead atoms. The molecule has 2 N–H and O–H groups in total. The molecule has 4 heteroatoms. The number of halogens is 1. The van der Waals surface area contributed by atoms with Crippen molar-refractivity contribution in [3.63, 3.8) is 0 Å². The number of imidazole rings is 1. The molecule has 0 saturated heterocycles. The van der Waals surface area contributed by atoms with Gasteiger partial charge in [0.15, 0.2) is 5.82 Å². The third-order valence-electron chi connectivity index (χ3n) is 4.75. The molecule has 3 nitrogen and oxygen atoms in total. The van der Waals surface area contributed by atoms with Crippen LogP contribution in [0.3, 0.4) is 0 Å². The van der Waals surface area contributed by atoms with E-state index in [0.29, 0.717) is 23.5 Å². The first-order valence-electron chi connectivity index (χ1n) is 7.66. The molecule has 0 atom stereocenters. The number of nitrogens with two attached hydrogens (primary N) is 1. The second-order valence-corrected chi connectivity index (χ2v) is 6.29. The molecule has 1 heterocycles. The molecule has 1 aromatic carbocycles. The number of nitrogens with zero attached hydrogens (tertiary/aromatic N) is 2. The minimum Gasteiger partial charge on any atom is -0.328 e. The number of benzene rings is 1. The molecule has 106 valence electrons. The predicted octanol–water partition coefficient (Wildman–Crippen LogP) is 3.50. The second-order valence-electron chi connectivity index (χ2n) is 6.29. The molecule has 2 aromatic rings. The van der Waals surface area contributed by atoms with Crippen LogP contribution in [0.1, 0.15) is 56.3 Å². The quantitative estimate of drug-likeness (QED) is 0.910. The third kappa shape index (κ3) is 1.94. The fraction of sp³-hybridized carbons (Fsp3) is 0.562. The summed E-state index contributed by atoms with van der Waals surface area (Å²) in [4.78, 5) is 4.67. The van der Waals surface area contributed by atoms with E-state index in [1.807, 2.05) is 6.07 Å². The van der Waals surface area contributed by atoms with Crippen LogP contribution in [0.4, 0.5) is 4.39 Å². The van der Waals surface area contributed by atoms with Crippen molar-refractivity contribution in [2.75, 3.05) is 0 Å². The molecule has 0 spiro atoms. The fourth-order valence-electron chi connectivity index (χ4n) is 3.48.